The fourth-order valence-electron chi connectivity index (χ4n) is 3.67. The Morgan fingerprint density at radius 3 is 2.42 bits per heavy atom. The molecule has 2 saturated heterocycles. The number of amides is 2. The largest absolute Gasteiger partial charge is 0.352 e. The number of nitrogens with one attached hydrogen (secondary N) is 2. The summed E-state index contributed by atoms with van der Waals surface area (Å²) in [7, 11) is 0. The van der Waals surface area contributed by atoms with E-state index < -0.39 is 0 Å². The molecule has 1 aromatic rings. The molecule has 0 radical (unpaired) electrons. The normalized spacial score (nSPS) is 19.3. The van der Waals surface area contributed by atoms with Crippen LogP contribution in [0.1, 0.15) is 24.8 Å². The van der Waals surface area contributed by atoms with Gasteiger partial charge in [-0.15, -0.1) is 0 Å². The number of nitrogens with zero attached hydrogens (tertiary/aromatic N) is 2. The summed E-state index contributed by atoms with van der Waals surface area (Å²) in [6.45, 7) is 5.74. The lowest BCUT2D eigenvalue weighted by molar-refractivity contribution is -0.132. The molecule has 0 spiro atoms. The number of benzene rings is 1. The first-order chi connectivity index (χ1) is 12.7. The molecule has 6 nitrogen and oxygen atoms in total. The van der Waals surface area contributed by atoms with E-state index in [0.29, 0.717) is 13.0 Å². The minimum absolute atomic E-state index is 0.112. The second-order valence-corrected chi connectivity index (χ2v) is 7.23. The quantitative estimate of drug-likeness (QED) is 0.783. The first kappa shape index (κ1) is 18.9. The molecule has 2 N–H and O–H groups in total. The second-order valence-electron chi connectivity index (χ2n) is 7.23. The van der Waals surface area contributed by atoms with Gasteiger partial charge < -0.3 is 15.5 Å². The van der Waals surface area contributed by atoms with E-state index in [2.05, 4.69) is 27.7 Å². The van der Waals surface area contributed by atoms with Crippen molar-refractivity contribution in [3.8, 4) is 0 Å². The van der Waals surface area contributed by atoms with E-state index in [4.69, 9.17) is 0 Å². The third kappa shape index (κ3) is 5.81. The third-order valence-corrected chi connectivity index (χ3v) is 5.26. The van der Waals surface area contributed by atoms with Crippen LogP contribution in [0.5, 0.6) is 0 Å². The molecule has 2 heterocycles. The van der Waals surface area contributed by atoms with Crippen LogP contribution in [0.15, 0.2) is 30.3 Å². The summed E-state index contributed by atoms with van der Waals surface area (Å²) in [6, 6.07) is 10.3. The van der Waals surface area contributed by atoms with Gasteiger partial charge >= 0.3 is 0 Å². The zero-order chi connectivity index (χ0) is 18.2. The maximum atomic E-state index is 12.4. The third-order valence-electron chi connectivity index (χ3n) is 5.26. The van der Waals surface area contributed by atoms with E-state index in [-0.39, 0.29) is 17.9 Å². The summed E-state index contributed by atoms with van der Waals surface area (Å²) in [4.78, 5) is 28.7. The lowest BCUT2D eigenvalue weighted by atomic mass is 10.0. The number of piperidine rings is 1. The summed E-state index contributed by atoms with van der Waals surface area (Å²) < 4.78 is 0. The molecule has 1 aromatic carbocycles. The summed E-state index contributed by atoms with van der Waals surface area (Å²) in [5.74, 6) is 0.334. The Bertz CT molecular complexity index is 579. The van der Waals surface area contributed by atoms with E-state index in [1.54, 1.807) is 0 Å². The van der Waals surface area contributed by atoms with Gasteiger partial charge in [0.15, 0.2) is 0 Å². The van der Waals surface area contributed by atoms with Crippen LogP contribution in [0.4, 0.5) is 0 Å². The molecule has 142 valence electrons. The lowest BCUT2D eigenvalue weighted by Gasteiger charge is -2.33. The standard InChI is InChI=1S/C20H30N4O2/c25-19(16-23-14-10-21-11-15-23)22-18-8-12-24(13-9-18)20(26)7-6-17-4-2-1-3-5-17/h1-5,18,21H,6-16H2,(H,22,25). The monoisotopic (exact) mass is 358 g/mol. The van der Waals surface area contributed by atoms with E-state index in [9.17, 15) is 9.59 Å². The van der Waals surface area contributed by atoms with Gasteiger partial charge in [0, 0.05) is 51.7 Å². The fourth-order valence-corrected chi connectivity index (χ4v) is 3.67. The maximum absolute atomic E-state index is 12.4. The van der Waals surface area contributed by atoms with E-state index in [1.165, 1.54) is 5.56 Å². The van der Waals surface area contributed by atoms with Gasteiger partial charge in [-0.25, -0.2) is 0 Å². The Kier molecular flexibility index (Phi) is 7.03. The zero-order valence-electron chi connectivity index (χ0n) is 15.5. The minimum Gasteiger partial charge on any atom is -0.352 e. The smallest absolute Gasteiger partial charge is 0.234 e. The van der Waals surface area contributed by atoms with Crippen LogP contribution in [0.2, 0.25) is 0 Å². The molecule has 0 saturated carbocycles. The van der Waals surface area contributed by atoms with Crippen molar-refractivity contribution in [1.82, 2.24) is 20.4 Å². The number of rotatable bonds is 6. The molecule has 0 aliphatic carbocycles. The average molecular weight is 358 g/mol. The molecule has 0 atom stereocenters. The number of carbonyl (C=O) groups is 2. The van der Waals surface area contributed by atoms with Gasteiger partial charge in [-0.3, -0.25) is 14.5 Å². The van der Waals surface area contributed by atoms with Crippen molar-refractivity contribution in [1.29, 1.82) is 0 Å². The number of hydrogen-bond donors (Lipinski definition) is 2. The van der Waals surface area contributed by atoms with Gasteiger partial charge in [0.05, 0.1) is 6.54 Å². The van der Waals surface area contributed by atoms with Gasteiger partial charge in [0.1, 0.15) is 0 Å². The predicted molar refractivity (Wildman–Crippen MR) is 102 cm³/mol. The van der Waals surface area contributed by atoms with E-state index >= 15 is 0 Å². The zero-order valence-corrected chi connectivity index (χ0v) is 15.5. The van der Waals surface area contributed by atoms with Gasteiger partial charge in [0.25, 0.3) is 0 Å². The second kappa shape index (κ2) is 9.69. The van der Waals surface area contributed by atoms with Crippen LogP contribution < -0.4 is 10.6 Å². The molecule has 3 rings (SSSR count). The molecule has 2 aliphatic heterocycles. The van der Waals surface area contributed by atoms with Crippen molar-refractivity contribution in [2.24, 2.45) is 0 Å². The Morgan fingerprint density at radius 1 is 1.04 bits per heavy atom. The van der Waals surface area contributed by atoms with Crippen molar-refractivity contribution in [3.63, 3.8) is 0 Å². The molecule has 2 amide bonds. The first-order valence-electron chi connectivity index (χ1n) is 9.75. The van der Waals surface area contributed by atoms with Crippen molar-refractivity contribution < 1.29 is 9.59 Å². The average Bonchev–Trinajstić information content (AvgIpc) is 2.68. The van der Waals surface area contributed by atoms with E-state index in [0.717, 1.165) is 58.5 Å². The summed E-state index contributed by atoms with van der Waals surface area (Å²) in [5, 5.41) is 6.44. The molecule has 2 aliphatic rings. The van der Waals surface area contributed by atoms with Crippen LogP contribution in [0.25, 0.3) is 0 Å². The molecule has 2 fully saturated rings. The van der Waals surface area contributed by atoms with Crippen molar-refractivity contribution in [2.75, 3.05) is 45.8 Å². The molecular weight excluding hydrogens is 328 g/mol. The van der Waals surface area contributed by atoms with Crippen LogP contribution in [-0.4, -0.2) is 73.5 Å². The van der Waals surface area contributed by atoms with E-state index in [1.807, 2.05) is 23.1 Å². The summed E-state index contributed by atoms with van der Waals surface area (Å²) in [6.07, 6.45) is 3.06. The topological polar surface area (TPSA) is 64.7 Å². The number of likely N-dealkylation sites (tertiary alicyclic amines) is 1. The number of aryl methyl sites for hydroxylation is 1. The molecule has 6 heteroatoms. The Labute approximate surface area is 155 Å². The van der Waals surface area contributed by atoms with Crippen molar-refractivity contribution >= 4 is 11.8 Å². The molecule has 0 bridgehead atoms. The minimum atomic E-state index is 0.112. The highest BCUT2D eigenvalue weighted by Gasteiger charge is 2.24. The SMILES string of the molecule is O=C(CN1CCNCC1)NC1CCN(C(=O)CCc2ccccc2)CC1. The first-order valence-corrected chi connectivity index (χ1v) is 9.75. The lowest BCUT2D eigenvalue weighted by Crippen LogP contribution is -2.51. The summed E-state index contributed by atoms with van der Waals surface area (Å²) in [5.41, 5.74) is 1.20. The Hall–Kier alpha value is -1.92. The van der Waals surface area contributed by atoms with Crippen LogP contribution in [0.3, 0.4) is 0 Å². The van der Waals surface area contributed by atoms with Gasteiger partial charge in [0.2, 0.25) is 11.8 Å². The molecule has 0 aromatic heterocycles. The molecule has 0 unspecified atom stereocenters. The number of carbonyl (C=O) groups excluding carboxylic acids is 2. The fraction of sp³-hybridized carbons (Fsp3) is 0.600. The van der Waals surface area contributed by atoms with Gasteiger partial charge in [-0.05, 0) is 24.8 Å². The number of hydrogen-bond acceptors (Lipinski definition) is 4. The molecular formula is C20H30N4O2. The number of piperazine rings is 1. The maximum Gasteiger partial charge on any atom is 0.234 e. The van der Waals surface area contributed by atoms with Gasteiger partial charge in [-0.2, -0.15) is 0 Å². The Morgan fingerprint density at radius 2 is 1.73 bits per heavy atom. The summed E-state index contributed by atoms with van der Waals surface area (Å²) >= 11 is 0. The van der Waals surface area contributed by atoms with Crippen molar-refractivity contribution in [2.45, 2.75) is 31.7 Å². The Balaban J connectivity index is 1.34. The highest BCUT2D eigenvalue weighted by Crippen LogP contribution is 2.13. The highest BCUT2D eigenvalue weighted by atomic mass is 16.2. The van der Waals surface area contributed by atoms with Crippen LogP contribution in [0, 0.1) is 0 Å². The van der Waals surface area contributed by atoms with Crippen LogP contribution in [-0.2, 0) is 16.0 Å². The molecule has 26 heavy (non-hydrogen) atoms. The highest BCUT2D eigenvalue weighted by molar-refractivity contribution is 5.78. The van der Waals surface area contributed by atoms with Crippen molar-refractivity contribution in [3.05, 3.63) is 35.9 Å². The predicted octanol–water partition coefficient (Wildman–Crippen LogP) is 0.632. The van der Waals surface area contributed by atoms with Gasteiger partial charge in [-0.1, -0.05) is 30.3 Å². The van der Waals surface area contributed by atoms with Crippen LogP contribution >= 0.6 is 0 Å².